The quantitative estimate of drug-likeness (QED) is 0.477. The molecule has 0 spiro atoms. The first kappa shape index (κ1) is 17.9. The van der Waals surface area contributed by atoms with Crippen LogP contribution in [0.3, 0.4) is 0 Å². The third-order valence-corrected chi connectivity index (χ3v) is 4.81. The summed E-state index contributed by atoms with van der Waals surface area (Å²) in [6.45, 7) is 2.26. The van der Waals surface area contributed by atoms with Crippen LogP contribution < -0.4 is 22.7 Å². The van der Waals surface area contributed by atoms with Crippen LogP contribution in [0, 0.1) is 0 Å². The van der Waals surface area contributed by atoms with E-state index in [0.717, 1.165) is 38.9 Å². The maximum atomic E-state index is 12.6. The van der Waals surface area contributed by atoms with E-state index in [4.69, 9.17) is 4.74 Å². The smallest absolute Gasteiger partial charge is 0.195 e. The molecule has 0 radical (unpaired) electrons. The van der Waals surface area contributed by atoms with Gasteiger partial charge in [0.15, 0.2) is 5.43 Å². The van der Waals surface area contributed by atoms with E-state index in [1.165, 1.54) is 4.90 Å². The van der Waals surface area contributed by atoms with Gasteiger partial charge in [-0.3, -0.25) is 4.79 Å². The topological polar surface area (TPSA) is 30.7 Å². The van der Waals surface area contributed by atoms with Gasteiger partial charge in [0.25, 0.3) is 0 Å². The number of likely N-dealkylation sites (N-methyl/N-ethyl adjacent to an activating group) is 1. The normalized spacial score (nSPS) is 11.1. The summed E-state index contributed by atoms with van der Waals surface area (Å²) in [6.07, 6.45) is 0. The van der Waals surface area contributed by atoms with Crippen molar-refractivity contribution < 1.29 is 22.0 Å². The van der Waals surface area contributed by atoms with Crippen LogP contribution in [0.25, 0.3) is 20.2 Å². The zero-order valence-electron chi connectivity index (χ0n) is 13.3. The molecule has 1 heterocycles. The van der Waals surface area contributed by atoms with E-state index in [1.807, 2.05) is 36.4 Å². The minimum absolute atomic E-state index is 0. The van der Waals surface area contributed by atoms with E-state index in [2.05, 4.69) is 20.2 Å². The zero-order valence-corrected chi connectivity index (χ0v) is 14.8. The molecule has 5 heteroatoms. The number of hydrogen-bond donors (Lipinski definition) is 1. The van der Waals surface area contributed by atoms with Gasteiger partial charge in [-0.25, -0.2) is 0 Å². The molecule has 0 aliphatic heterocycles. The summed E-state index contributed by atoms with van der Waals surface area (Å²) in [5.74, 6) is 0. The molecule has 122 valence electrons. The second kappa shape index (κ2) is 7.88. The molecule has 0 saturated heterocycles. The molecule has 1 N–H and O–H groups in total. The Morgan fingerprint density at radius 3 is 2.57 bits per heavy atom. The summed E-state index contributed by atoms with van der Waals surface area (Å²) in [7, 11) is 4.21. The highest BCUT2D eigenvalue weighted by molar-refractivity contribution is 7.24. The maximum Gasteiger partial charge on any atom is 0.195 e. The Kier molecular flexibility index (Phi) is 6.13. The van der Waals surface area contributed by atoms with Crippen LogP contribution in [0.1, 0.15) is 5.56 Å². The lowest BCUT2D eigenvalue weighted by Gasteiger charge is -2.08. The van der Waals surface area contributed by atoms with Crippen LogP contribution in [-0.4, -0.2) is 27.2 Å². The highest BCUT2D eigenvalue weighted by Crippen LogP contribution is 2.25. The zero-order chi connectivity index (χ0) is 15.5. The van der Waals surface area contributed by atoms with Crippen molar-refractivity contribution in [2.45, 2.75) is 6.61 Å². The monoisotopic (exact) mass is 349 g/mol. The molecule has 3 nitrogen and oxygen atoms in total. The molecule has 3 aromatic rings. The van der Waals surface area contributed by atoms with Crippen molar-refractivity contribution in [2.24, 2.45) is 0 Å². The lowest BCUT2D eigenvalue weighted by Crippen LogP contribution is -3.06. The molecule has 23 heavy (non-hydrogen) atoms. The highest BCUT2D eigenvalue weighted by Gasteiger charge is 2.06. The Labute approximate surface area is 145 Å². The molecule has 0 saturated carbocycles. The van der Waals surface area contributed by atoms with Gasteiger partial charge in [-0.2, -0.15) is 0 Å². The first-order valence-electron chi connectivity index (χ1n) is 7.46. The fourth-order valence-electron chi connectivity index (χ4n) is 2.41. The number of benzene rings is 2. The minimum Gasteiger partial charge on any atom is -1.00 e. The lowest BCUT2D eigenvalue weighted by atomic mass is 10.1. The Bertz CT molecular complexity index is 860. The number of quaternary nitrogens is 1. The fraction of sp³-hybridized carbons (Fsp3) is 0.278. The largest absolute Gasteiger partial charge is 1.00 e. The van der Waals surface area contributed by atoms with E-state index in [-0.39, 0.29) is 17.8 Å². The SMILES string of the molecule is C[NH+](C)CCOCc1ccc2sc3ccccc3c(=O)c2c1.[Cl-]. The van der Waals surface area contributed by atoms with Crippen LogP contribution in [0.2, 0.25) is 0 Å². The van der Waals surface area contributed by atoms with Crippen LogP contribution in [0.4, 0.5) is 0 Å². The van der Waals surface area contributed by atoms with Crippen LogP contribution in [0.15, 0.2) is 47.3 Å². The predicted molar refractivity (Wildman–Crippen MR) is 92.9 cm³/mol. The number of ether oxygens (including phenoxy) is 1. The molecular weight excluding hydrogens is 330 g/mol. The lowest BCUT2D eigenvalue weighted by molar-refractivity contribution is -0.858. The highest BCUT2D eigenvalue weighted by atomic mass is 35.5. The molecule has 0 aliphatic rings. The Morgan fingerprint density at radius 1 is 1.04 bits per heavy atom. The molecule has 0 bridgehead atoms. The minimum atomic E-state index is 0. The van der Waals surface area contributed by atoms with Gasteiger partial charge in [0.1, 0.15) is 6.54 Å². The van der Waals surface area contributed by atoms with Crippen molar-refractivity contribution in [3.05, 3.63) is 58.3 Å². The van der Waals surface area contributed by atoms with Crippen molar-refractivity contribution in [3.63, 3.8) is 0 Å². The van der Waals surface area contributed by atoms with E-state index < -0.39 is 0 Å². The number of hydrogen-bond acceptors (Lipinski definition) is 3. The van der Waals surface area contributed by atoms with Crippen molar-refractivity contribution in [1.82, 2.24) is 0 Å². The summed E-state index contributed by atoms with van der Waals surface area (Å²) in [6, 6.07) is 13.8. The Balaban J connectivity index is 0.00000192. The van der Waals surface area contributed by atoms with Gasteiger partial charge in [0.2, 0.25) is 0 Å². The second-order valence-corrected chi connectivity index (χ2v) is 6.85. The van der Waals surface area contributed by atoms with Gasteiger partial charge in [-0.15, -0.1) is 11.3 Å². The van der Waals surface area contributed by atoms with Gasteiger partial charge >= 0.3 is 0 Å². The maximum absolute atomic E-state index is 12.6. The number of nitrogens with one attached hydrogen (secondary N) is 1. The summed E-state index contributed by atoms with van der Waals surface area (Å²) >= 11 is 1.66. The fourth-order valence-corrected chi connectivity index (χ4v) is 3.46. The summed E-state index contributed by atoms with van der Waals surface area (Å²) in [5, 5.41) is 1.59. The first-order valence-corrected chi connectivity index (χ1v) is 8.28. The Morgan fingerprint density at radius 2 is 1.78 bits per heavy atom. The standard InChI is InChI=1S/C18H19NO2S.ClH/c1-19(2)9-10-21-12-13-7-8-17-15(11-13)18(20)14-5-3-4-6-16(14)22-17;/h3-8,11H,9-10,12H2,1-2H3;1H. The molecule has 0 unspecified atom stereocenters. The van der Waals surface area contributed by atoms with Gasteiger partial charge in [0.05, 0.1) is 27.3 Å². The number of halogens is 1. The number of fused-ring (bicyclic) bond motifs is 2. The molecule has 2 aromatic carbocycles. The molecule has 0 fully saturated rings. The molecule has 3 rings (SSSR count). The second-order valence-electron chi connectivity index (χ2n) is 5.77. The predicted octanol–water partition coefficient (Wildman–Crippen LogP) is -0.920. The molecule has 0 atom stereocenters. The Hall–Kier alpha value is -1.46. The van der Waals surface area contributed by atoms with Gasteiger partial charge in [-0.05, 0) is 29.8 Å². The van der Waals surface area contributed by atoms with E-state index >= 15 is 0 Å². The van der Waals surface area contributed by atoms with E-state index in [1.54, 1.807) is 11.3 Å². The van der Waals surface area contributed by atoms with Crippen molar-refractivity contribution in [1.29, 1.82) is 0 Å². The number of rotatable bonds is 5. The molecule has 0 amide bonds. The average Bonchev–Trinajstić information content (AvgIpc) is 2.52. The average molecular weight is 350 g/mol. The summed E-state index contributed by atoms with van der Waals surface area (Å²) in [4.78, 5) is 14.0. The summed E-state index contributed by atoms with van der Waals surface area (Å²) < 4.78 is 7.76. The third kappa shape index (κ3) is 4.09. The van der Waals surface area contributed by atoms with Crippen molar-refractivity contribution in [2.75, 3.05) is 27.2 Å². The molecule has 0 aliphatic carbocycles. The van der Waals surface area contributed by atoms with Crippen LogP contribution >= 0.6 is 11.3 Å². The van der Waals surface area contributed by atoms with Crippen molar-refractivity contribution >= 4 is 31.5 Å². The van der Waals surface area contributed by atoms with Crippen molar-refractivity contribution in [3.8, 4) is 0 Å². The van der Waals surface area contributed by atoms with Crippen LogP contribution in [0.5, 0.6) is 0 Å². The third-order valence-electron chi connectivity index (χ3n) is 3.66. The van der Waals surface area contributed by atoms with Gasteiger partial charge in [0, 0.05) is 20.2 Å². The van der Waals surface area contributed by atoms with Gasteiger partial charge < -0.3 is 22.0 Å². The van der Waals surface area contributed by atoms with E-state index in [0.29, 0.717) is 6.61 Å². The molecule has 1 aromatic heterocycles. The van der Waals surface area contributed by atoms with E-state index in [9.17, 15) is 4.79 Å². The van der Waals surface area contributed by atoms with Crippen LogP contribution in [-0.2, 0) is 11.3 Å². The summed E-state index contributed by atoms with van der Waals surface area (Å²) in [5.41, 5.74) is 1.17. The van der Waals surface area contributed by atoms with Gasteiger partial charge in [-0.1, -0.05) is 18.2 Å². The first-order chi connectivity index (χ1) is 10.6. The molecular formula is C18H20ClNO2S.